The molecule has 14 heavy (non-hydrogen) atoms. The molecule has 1 radical (unpaired) electrons. The lowest BCUT2D eigenvalue weighted by molar-refractivity contribution is -0.107. The Morgan fingerprint density at radius 1 is 1.50 bits per heavy atom. The van der Waals surface area contributed by atoms with E-state index in [0.29, 0.717) is 6.29 Å². The van der Waals surface area contributed by atoms with E-state index in [9.17, 15) is 13.6 Å². The number of rotatable bonds is 7. The van der Waals surface area contributed by atoms with Gasteiger partial charge in [0, 0.05) is 14.1 Å². The van der Waals surface area contributed by atoms with Gasteiger partial charge in [-0.05, 0) is 20.8 Å². The molecule has 0 aliphatic heterocycles. The van der Waals surface area contributed by atoms with Crippen molar-refractivity contribution in [2.24, 2.45) is 0 Å². The molecule has 6 nitrogen and oxygen atoms in total. The third kappa shape index (κ3) is 4.47. The Kier molecular flexibility index (Phi) is 6.30. The molecule has 0 bridgehead atoms. The van der Waals surface area contributed by atoms with Crippen LogP contribution in [0.2, 0.25) is 0 Å². The van der Waals surface area contributed by atoms with E-state index in [-0.39, 0.29) is 6.42 Å². The van der Waals surface area contributed by atoms with Crippen molar-refractivity contribution in [3.8, 4) is 0 Å². The van der Waals surface area contributed by atoms with Gasteiger partial charge in [0.15, 0.2) is 0 Å². The van der Waals surface area contributed by atoms with E-state index in [1.807, 2.05) is 0 Å². The average molecular weight is 222 g/mol. The Bertz CT molecular complexity index is 244. The molecule has 0 saturated carbocycles. The highest BCUT2D eigenvalue weighted by atomic mass is 32.3. The predicted molar refractivity (Wildman–Crippen MR) is 51.6 cm³/mol. The molecule has 0 aromatic rings. The van der Waals surface area contributed by atoms with Crippen molar-refractivity contribution in [2.45, 2.75) is 11.7 Å². The molecule has 2 atom stereocenters. The van der Waals surface area contributed by atoms with Gasteiger partial charge in [0.2, 0.25) is 5.25 Å². The fourth-order valence-electron chi connectivity index (χ4n) is 0.769. The summed E-state index contributed by atoms with van der Waals surface area (Å²) in [5.74, 6) is 0. The second-order valence-electron chi connectivity index (χ2n) is 2.37. The summed E-state index contributed by atoms with van der Waals surface area (Å²) < 4.78 is 26.9. The Hall–Kier alpha value is -0.760. The summed E-state index contributed by atoms with van der Waals surface area (Å²) in [7, 11) is -0.820. The van der Waals surface area contributed by atoms with Gasteiger partial charge in [-0.2, -0.15) is 5.48 Å². The van der Waals surface area contributed by atoms with Crippen molar-refractivity contribution in [1.82, 2.24) is 10.8 Å². The van der Waals surface area contributed by atoms with Crippen LogP contribution in [0.15, 0.2) is 12.3 Å². The summed E-state index contributed by atoms with van der Waals surface area (Å²) in [6.45, 7) is 0. The number of carbonyl (C=O) groups excluding carboxylic acids is 1. The van der Waals surface area contributed by atoms with Gasteiger partial charge in [0.05, 0.1) is 11.0 Å². The average Bonchev–Trinajstić information content (AvgIpc) is 2.11. The molecule has 7 heteroatoms. The smallest absolute Gasteiger partial charge is 0.394 e. The first-order valence-corrected chi connectivity index (χ1v) is 5.42. The number of nitrogens with one attached hydrogen (secondary N) is 2. The van der Waals surface area contributed by atoms with Gasteiger partial charge >= 0.3 is 10.5 Å². The Balaban J connectivity index is 4.53. The zero-order chi connectivity index (χ0) is 11.0. The van der Waals surface area contributed by atoms with Crippen LogP contribution >= 0.6 is 0 Å². The van der Waals surface area contributed by atoms with Crippen LogP contribution in [0.25, 0.3) is 0 Å². The molecule has 0 heterocycles. The van der Waals surface area contributed by atoms with Gasteiger partial charge in [0.1, 0.15) is 6.29 Å². The van der Waals surface area contributed by atoms with Crippen LogP contribution in [-0.2, 0) is 28.3 Å². The Labute approximate surface area is 84.1 Å². The van der Waals surface area contributed by atoms with Crippen LogP contribution in [0.1, 0.15) is 6.42 Å². The molecule has 0 spiro atoms. The summed E-state index contributed by atoms with van der Waals surface area (Å²) in [5, 5.41) is 1.66. The van der Waals surface area contributed by atoms with Gasteiger partial charge in [-0.15, -0.1) is 0 Å². The minimum atomic E-state index is -3.78. The van der Waals surface area contributed by atoms with Crippen molar-refractivity contribution >= 4 is 16.8 Å². The summed E-state index contributed by atoms with van der Waals surface area (Å²) in [6.07, 6.45) is 3.18. The van der Waals surface area contributed by atoms with Crippen LogP contribution < -0.4 is 10.8 Å². The summed E-state index contributed by atoms with van der Waals surface area (Å²) in [4.78, 5) is 10.2. The fraction of sp³-hybridized carbons (Fsp3) is 0.571. The van der Waals surface area contributed by atoms with E-state index < -0.39 is 15.7 Å². The molecule has 0 fully saturated rings. The monoisotopic (exact) mass is 222 g/mol. The molecule has 0 rings (SSSR count). The summed E-state index contributed by atoms with van der Waals surface area (Å²) in [6, 6.07) is 0. The van der Waals surface area contributed by atoms with E-state index in [4.69, 9.17) is 0 Å². The molecule has 0 amide bonds. The van der Waals surface area contributed by atoms with Crippen LogP contribution in [-0.4, -0.2) is 25.6 Å². The van der Waals surface area contributed by atoms with Gasteiger partial charge in [-0.3, -0.25) is 0 Å². The van der Waals surface area contributed by atoms with Crippen molar-refractivity contribution in [3.63, 3.8) is 0 Å². The maximum absolute atomic E-state index is 11.3. The largest absolute Gasteiger partial charge is 0.420 e. The molecule has 0 aromatic carbocycles. The minimum absolute atomic E-state index is 0.137. The third-order valence-electron chi connectivity index (χ3n) is 1.38. The van der Waals surface area contributed by atoms with Crippen LogP contribution in [0, 0.1) is 0 Å². The van der Waals surface area contributed by atoms with E-state index in [1.54, 1.807) is 7.05 Å². The topological polar surface area (TPSA) is 87.3 Å². The minimum Gasteiger partial charge on any atom is -0.394 e. The lowest BCUT2D eigenvalue weighted by Gasteiger charge is -2.05. The quantitative estimate of drug-likeness (QED) is 0.347. The zero-order valence-electron chi connectivity index (χ0n) is 8.06. The number of hydrogen-bond donors (Lipinski definition) is 2. The molecule has 0 aliphatic carbocycles. The highest BCUT2D eigenvalue weighted by Gasteiger charge is 2.41. The van der Waals surface area contributed by atoms with Gasteiger partial charge in [-0.25, -0.2) is 0 Å². The van der Waals surface area contributed by atoms with Gasteiger partial charge in [0.25, 0.3) is 0 Å². The molecule has 81 valence electrons. The summed E-state index contributed by atoms with van der Waals surface area (Å²) in [5.41, 5.74) is 2.07. The SMILES string of the molecule is CN/C=C/C(CC=O)[S+]([O])(=O)ONC. The maximum atomic E-state index is 11.3. The lowest BCUT2D eigenvalue weighted by Crippen LogP contribution is -2.31. The fourth-order valence-corrected chi connectivity index (χ4v) is 1.71. The van der Waals surface area contributed by atoms with E-state index >= 15 is 0 Å². The normalized spacial score (nSPS) is 17.6. The molecule has 0 aliphatic rings. The van der Waals surface area contributed by atoms with Crippen LogP contribution in [0.3, 0.4) is 0 Å². The second kappa shape index (κ2) is 6.66. The molecule has 2 N–H and O–H groups in total. The number of hydrogen-bond acceptors (Lipinski definition) is 5. The van der Waals surface area contributed by atoms with Crippen molar-refractivity contribution in [2.75, 3.05) is 14.1 Å². The van der Waals surface area contributed by atoms with Gasteiger partial charge < -0.3 is 10.1 Å². The molecule has 0 saturated heterocycles. The number of carbonyl (C=O) groups is 1. The Morgan fingerprint density at radius 2 is 2.14 bits per heavy atom. The van der Waals surface area contributed by atoms with Crippen LogP contribution in [0.4, 0.5) is 0 Å². The first kappa shape index (κ1) is 13.2. The van der Waals surface area contributed by atoms with Gasteiger partial charge in [-0.1, -0.05) is 0 Å². The Morgan fingerprint density at radius 3 is 2.57 bits per heavy atom. The van der Waals surface area contributed by atoms with E-state index in [2.05, 4.69) is 15.1 Å². The van der Waals surface area contributed by atoms with Crippen molar-refractivity contribution in [3.05, 3.63) is 12.3 Å². The zero-order valence-corrected chi connectivity index (χ0v) is 8.87. The third-order valence-corrected chi connectivity index (χ3v) is 2.87. The molecule has 2 unspecified atom stereocenters. The molecule has 0 aromatic heterocycles. The molecular weight excluding hydrogens is 208 g/mol. The van der Waals surface area contributed by atoms with Crippen molar-refractivity contribution in [1.29, 1.82) is 0 Å². The predicted octanol–water partition coefficient (Wildman–Crippen LogP) is -0.412. The summed E-state index contributed by atoms with van der Waals surface area (Å²) >= 11 is 0. The lowest BCUT2D eigenvalue weighted by atomic mass is 10.3. The highest BCUT2D eigenvalue weighted by Crippen LogP contribution is 2.14. The standard InChI is InChI=1S/C7H14N2O4S/c1-8-5-3-7(4-6-10)14(11,12)13-9-2/h3,5-9H,4H2,1-2H3/q+1/b5-3+. The van der Waals surface area contributed by atoms with E-state index in [0.717, 1.165) is 0 Å². The highest BCUT2D eigenvalue weighted by molar-refractivity contribution is 7.93. The first-order valence-electron chi connectivity index (χ1n) is 3.95. The number of aldehydes is 1. The van der Waals surface area contributed by atoms with E-state index in [1.165, 1.54) is 19.3 Å². The second-order valence-corrected chi connectivity index (χ2v) is 4.13. The van der Waals surface area contributed by atoms with Crippen LogP contribution in [0.5, 0.6) is 0 Å². The first-order chi connectivity index (χ1) is 6.58. The maximum Gasteiger partial charge on any atom is 0.420 e. The number of hydroxylamine groups is 1. The van der Waals surface area contributed by atoms with Crippen molar-refractivity contribution < 1.29 is 17.8 Å². The molecular formula is C7H14N2O4S+.